The molecule has 6 heteroatoms. The molecule has 1 amide bonds. The normalized spacial score (nSPS) is 10.5. The Labute approximate surface area is 149 Å². The van der Waals surface area contributed by atoms with Crippen molar-refractivity contribution >= 4 is 28.1 Å². The number of rotatable bonds is 5. The fourth-order valence-electron chi connectivity index (χ4n) is 2.37. The first-order chi connectivity index (χ1) is 12.0. The molecule has 128 valence electrons. The highest BCUT2D eigenvalue weighted by molar-refractivity contribution is 7.17. The minimum atomic E-state index is -0.292. The summed E-state index contributed by atoms with van der Waals surface area (Å²) in [7, 11) is 0. The lowest BCUT2D eigenvalue weighted by atomic mass is 10.2. The average molecular weight is 355 g/mol. The van der Waals surface area contributed by atoms with Crippen LogP contribution >= 0.6 is 11.3 Å². The summed E-state index contributed by atoms with van der Waals surface area (Å²) < 4.78 is 13.3. The van der Waals surface area contributed by atoms with Crippen molar-refractivity contribution < 1.29 is 9.18 Å². The van der Waals surface area contributed by atoms with Gasteiger partial charge in [0.25, 0.3) is 5.91 Å². The van der Waals surface area contributed by atoms with Crippen LogP contribution in [0.4, 0.5) is 15.2 Å². The molecule has 0 bridgehead atoms. The van der Waals surface area contributed by atoms with Crippen molar-refractivity contribution in [3.63, 3.8) is 0 Å². The predicted molar refractivity (Wildman–Crippen MR) is 99.7 cm³/mol. The number of hydrogen-bond acceptors (Lipinski definition) is 4. The summed E-state index contributed by atoms with van der Waals surface area (Å²) in [6.07, 6.45) is 0. The van der Waals surface area contributed by atoms with Crippen molar-refractivity contribution in [2.45, 2.75) is 20.4 Å². The van der Waals surface area contributed by atoms with E-state index in [2.05, 4.69) is 15.6 Å². The van der Waals surface area contributed by atoms with E-state index in [4.69, 9.17) is 0 Å². The van der Waals surface area contributed by atoms with E-state index < -0.39 is 0 Å². The smallest absolute Gasteiger partial charge is 0.267 e. The zero-order valence-electron chi connectivity index (χ0n) is 14.0. The molecule has 0 fully saturated rings. The van der Waals surface area contributed by atoms with Gasteiger partial charge < -0.3 is 10.6 Å². The number of aryl methyl sites for hydroxylation is 2. The van der Waals surface area contributed by atoms with Crippen LogP contribution in [0.1, 0.15) is 26.5 Å². The first kappa shape index (κ1) is 17.1. The van der Waals surface area contributed by atoms with E-state index in [1.54, 1.807) is 26.0 Å². The number of anilines is 2. The van der Waals surface area contributed by atoms with Crippen LogP contribution in [0, 0.1) is 19.7 Å². The summed E-state index contributed by atoms with van der Waals surface area (Å²) in [5.74, 6) is -0.534. The number of carbonyl (C=O) groups excluding carboxylic acids is 1. The third-order valence-electron chi connectivity index (χ3n) is 3.71. The third kappa shape index (κ3) is 4.22. The zero-order chi connectivity index (χ0) is 17.8. The molecule has 0 aliphatic rings. The van der Waals surface area contributed by atoms with Crippen molar-refractivity contribution in [2.24, 2.45) is 0 Å². The number of thiazole rings is 1. The van der Waals surface area contributed by atoms with Crippen LogP contribution in [0.5, 0.6) is 0 Å². The molecule has 0 radical (unpaired) electrons. The summed E-state index contributed by atoms with van der Waals surface area (Å²) in [6, 6.07) is 14.5. The number of halogens is 1. The molecule has 1 heterocycles. The number of nitrogens with one attached hydrogen (secondary N) is 2. The summed E-state index contributed by atoms with van der Waals surface area (Å²) in [6.45, 7) is 4.11. The van der Waals surface area contributed by atoms with Crippen molar-refractivity contribution in [1.82, 2.24) is 4.98 Å². The molecule has 3 aromatic rings. The monoisotopic (exact) mass is 355 g/mol. The van der Waals surface area contributed by atoms with Crippen LogP contribution in [0.3, 0.4) is 0 Å². The Kier molecular flexibility index (Phi) is 5.09. The highest BCUT2D eigenvalue weighted by atomic mass is 32.1. The van der Waals surface area contributed by atoms with Gasteiger partial charge >= 0.3 is 0 Å². The van der Waals surface area contributed by atoms with Gasteiger partial charge in [-0.1, -0.05) is 41.7 Å². The number of amides is 1. The summed E-state index contributed by atoms with van der Waals surface area (Å²) >= 11 is 1.31. The molecule has 2 aromatic carbocycles. The number of hydrogen-bond donors (Lipinski definition) is 2. The highest BCUT2D eigenvalue weighted by Gasteiger charge is 2.16. The Balaban J connectivity index is 1.68. The maximum atomic E-state index is 13.3. The number of benzene rings is 2. The maximum Gasteiger partial charge on any atom is 0.267 e. The lowest BCUT2D eigenvalue weighted by Gasteiger charge is -2.05. The van der Waals surface area contributed by atoms with Gasteiger partial charge in [0.2, 0.25) is 0 Å². The minimum absolute atomic E-state index is 0.242. The minimum Gasteiger partial charge on any atom is -0.357 e. The second-order valence-corrected chi connectivity index (χ2v) is 6.69. The molecule has 0 saturated heterocycles. The van der Waals surface area contributed by atoms with E-state index in [0.717, 1.165) is 5.56 Å². The molecule has 0 saturated carbocycles. The number of nitrogens with zero attached hydrogens (tertiary/aromatic N) is 1. The molecule has 25 heavy (non-hydrogen) atoms. The van der Waals surface area contributed by atoms with Gasteiger partial charge in [-0.05, 0) is 43.2 Å². The predicted octanol–water partition coefficient (Wildman–Crippen LogP) is 4.76. The summed E-state index contributed by atoms with van der Waals surface area (Å²) in [5, 5.41) is 6.72. The quantitative estimate of drug-likeness (QED) is 0.693. The van der Waals surface area contributed by atoms with Crippen molar-refractivity contribution in [3.05, 3.63) is 76.0 Å². The Morgan fingerprint density at radius 3 is 2.64 bits per heavy atom. The van der Waals surface area contributed by atoms with E-state index in [-0.39, 0.29) is 11.7 Å². The number of aromatic nitrogens is 1. The zero-order valence-corrected chi connectivity index (χ0v) is 14.8. The van der Waals surface area contributed by atoms with Crippen LogP contribution in [0.2, 0.25) is 0 Å². The van der Waals surface area contributed by atoms with Gasteiger partial charge in [-0.2, -0.15) is 0 Å². The fraction of sp³-hybridized carbons (Fsp3) is 0.158. The topological polar surface area (TPSA) is 54.0 Å². The van der Waals surface area contributed by atoms with Gasteiger partial charge in [0.05, 0.1) is 5.69 Å². The fourth-order valence-corrected chi connectivity index (χ4v) is 3.22. The molecule has 0 atom stereocenters. The average Bonchev–Trinajstić information content (AvgIpc) is 2.98. The second-order valence-electron chi connectivity index (χ2n) is 5.69. The van der Waals surface area contributed by atoms with Crippen molar-refractivity contribution in [2.75, 3.05) is 10.6 Å². The molecule has 0 unspecified atom stereocenters. The first-order valence-electron chi connectivity index (χ1n) is 7.85. The van der Waals surface area contributed by atoms with Gasteiger partial charge in [-0.15, -0.1) is 0 Å². The molecule has 3 rings (SSSR count). The number of carbonyl (C=O) groups is 1. The Bertz CT molecular complexity index is 893. The van der Waals surface area contributed by atoms with Crippen molar-refractivity contribution in [3.8, 4) is 0 Å². The van der Waals surface area contributed by atoms with Crippen LogP contribution in [0.25, 0.3) is 0 Å². The molecular weight excluding hydrogens is 337 g/mol. The van der Waals surface area contributed by atoms with E-state index in [9.17, 15) is 9.18 Å². The van der Waals surface area contributed by atoms with Crippen LogP contribution in [0.15, 0.2) is 48.5 Å². The van der Waals surface area contributed by atoms with Crippen molar-refractivity contribution in [1.29, 1.82) is 0 Å². The van der Waals surface area contributed by atoms with Gasteiger partial charge in [0, 0.05) is 12.2 Å². The lowest BCUT2D eigenvalue weighted by Crippen LogP contribution is -2.11. The van der Waals surface area contributed by atoms with Gasteiger partial charge in [0.1, 0.15) is 10.7 Å². The Morgan fingerprint density at radius 2 is 1.92 bits per heavy atom. The lowest BCUT2D eigenvalue weighted by molar-refractivity contribution is 0.103. The van der Waals surface area contributed by atoms with Gasteiger partial charge in [-0.25, -0.2) is 9.37 Å². The Hall–Kier alpha value is -2.73. The first-order valence-corrected chi connectivity index (χ1v) is 8.67. The third-order valence-corrected chi connectivity index (χ3v) is 4.82. The van der Waals surface area contributed by atoms with Gasteiger partial charge in [-0.3, -0.25) is 4.79 Å². The molecule has 0 aliphatic heterocycles. The van der Waals surface area contributed by atoms with Crippen LogP contribution < -0.4 is 10.6 Å². The molecule has 1 aromatic heterocycles. The molecule has 0 spiro atoms. The van der Waals surface area contributed by atoms with Gasteiger partial charge in [0.15, 0.2) is 5.13 Å². The molecule has 2 N–H and O–H groups in total. The molecular formula is C19H18FN3OS. The second kappa shape index (κ2) is 7.44. The molecule has 0 aliphatic carbocycles. The van der Waals surface area contributed by atoms with E-state index in [0.29, 0.717) is 33.5 Å². The van der Waals surface area contributed by atoms with Crippen LogP contribution in [-0.2, 0) is 6.54 Å². The van der Waals surface area contributed by atoms with E-state index >= 15 is 0 Å². The summed E-state index contributed by atoms with van der Waals surface area (Å²) in [4.78, 5) is 17.4. The highest BCUT2D eigenvalue weighted by Crippen LogP contribution is 2.24. The molecule has 4 nitrogen and oxygen atoms in total. The SMILES string of the molecule is Cc1cc(NC(=O)c2sc(NCc3ccccc3)nc2C)ccc1F. The summed E-state index contributed by atoms with van der Waals surface area (Å²) in [5.41, 5.74) is 2.86. The maximum absolute atomic E-state index is 13.3. The largest absolute Gasteiger partial charge is 0.357 e. The van der Waals surface area contributed by atoms with E-state index in [1.165, 1.54) is 17.4 Å². The van der Waals surface area contributed by atoms with E-state index in [1.807, 2.05) is 30.3 Å². The standard InChI is InChI=1S/C19H18FN3OS/c1-12-10-15(8-9-16(12)20)23-18(24)17-13(2)22-19(25-17)21-11-14-6-4-3-5-7-14/h3-10H,11H2,1-2H3,(H,21,22)(H,23,24). The Morgan fingerprint density at radius 1 is 1.16 bits per heavy atom. The van der Waals surface area contributed by atoms with Crippen LogP contribution in [-0.4, -0.2) is 10.9 Å².